The minimum absolute atomic E-state index is 0.0264. The number of carbonyl (C=O) groups is 4. The highest BCUT2D eigenvalue weighted by atomic mass is 35.5. The molecule has 6 nitrogen and oxygen atoms in total. The molecule has 0 atom stereocenters. The molecule has 0 saturated heterocycles. The maximum Gasteiger partial charge on any atom is 0.397 e. The minimum Gasteiger partial charge on any atom is -0.459 e. The Morgan fingerprint density at radius 3 is 1.95 bits per heavy atom. The molecule has 106 valence electrons. The summed E-state index contributed by atoms with van der Waals surface area (Å²) in [6.07, 6.45) is 0. The number of ether oxygens (including phenoxy) is 1. The molecule has 0 heterocycles. The fourth-order valence-electron chi connectivity index (χ4n) is 1.31. The molecule has 1 aromatic rings. The fourth-order valence-corrected chi connectivity index (χ4v) is 1.52. The van der Waals surface area contributed by atoms with Crippen molar-refractivity contribution in [3.05, 3.63) is 29.3 Å². The lowest BCUT2D eigenvalue weighted by Gasteiger charge is -2.07. The molecule has 0 bridgehead atoms. The van der Waals surface area contributed by atoms with Crippen LogP contribution in [0.3, 0.4) is 0 Å². The van der Waals surface area contributed by atoms with Crippen LogP contribution >= 0.6 is 23.2 Å². The van der Waals surface area contributed by atoms with Gasteiger partial charge >= 0.3 is 11.9 Å². The predicted molar refractivity (Wildman–Crippen MR) is 72.1 cm³/mol. The van der Waals surface area contributed by atoms with Gasteiger partial charge in [0.1, 0.15) is 0 Å². The van der Waals surface area contributed by atoms with Crippen molar-refractivity contribution in [2.75, 3.05) is 11.9 Å². The van der Waals surface area contributed by atoms with Crippen molar-refractivity contribution >= 4 is 51.3 Å². The molecule has 20 heavy (non-hydrogen) atoms. The summed E-state index contributed by atoms with van der Waals surface area (Å²) in [5.41, 5.74) is -0.0618. The number of hydrogen-bond donors (Lipinski definition) is 1. The summed E-state index contributed by atoms with van der Waals surface area (Å²) in [5, 5.41) is 0.509. The third-order valence-corrected chi connectivity index (χ3v) is 2.54. The van der Waals surface area contributed by atoms with E-state index in [4.69, 9.17) is 23.2 Å². The normalized spacial score (nSPS) is 9.75. The SMILES string of the molecule is CCOC(=O)C(=O)Nc1cc(C(=O)Cl)cc(C(=O)Cl)c1. The first-order valence-electron chi connectivity index (χ1n) is 5.38. The van der Waals surface area contributed by atoms with Crippen molar-refractivity contribution in [3.63, 3.8) is 0 Å². The lowest BCUT2D eigenvalue weighted by Crippen LogP contribution is -2.25. The molecule has 0 radical (unpaired) electrons. The highest BCUT2D eigenvalue weighted by Crippen LogP contribution is 2.18. The molecule has 0 aliphatic carbocycles. The number of carbonyl (C=O) groups excluding carboxylic acids is 4. The number of anilines is 1. The van der Waals surface area contributed by atoms with E-state index in [0.717, 1.165) is 0 Å². The van der Waals surface area contributed by atoms with Gasteiger partial charge in [0.25, 0.3) is 10.5 Å². The van der Waals surface area contributed by atoms with Crippen molar-refractivity contribution in [2.45, 2.75) is 6.92 Å². The molecule has 8 heteroatoms. The summed E-state index contributed by atoms with van der Waals surface area (Å²) in [6, 6.07) is 3.58. The van der Waals surface area contributed by atoms with Gasteiger partial charge in [0.15, 0.2) is 0 Å². The first-order valence-corrected chi connectivity index (χ1v) is 6.13. The minimum atomic E-state index is -1.09. The Labute approximate surface area is 124 Å². The molecule has 1 aromatic carbocycles. The topological polar surface area (TPSA) is 89.5 Å². The molecule has 0 spiro atoms. The van der Waals surface area contributed by atoms with Crippen molar-refractivity contribution in [2.24, 2.45) is 0 Å². The largest absolute Gasteiger partial charge is 0.459 e. The first kappa shape index (κ1) is 16.1. The molecule has 0 aliphatic heterocycles. The quantitative estimate of drug-likeness (QED) is 0.520. The second-order valence-electron chi connectivity index (χ2n) is 3.52. The van der Waals surface area contributed by atoms with E-state index >= 15 is 0 Å². The van der Waals surface area contributed by atoms with Gasteiger partial charge in [-0.05, 0) is 48.3 Å². The molecule has 0 fully saturated rings. The van der Waals surface area contributed by atoms with Crippen LogP contribution in [0.4, 0.5) is 5.69 Å². The molecule has 1 rings (SSSR count). The summed E-state index contributed by atoms with van der Waals surface area (Å²) in [5.74, 6) is -2.13. The average molecular weight is 318 g/mol. The van der Waals surface area contributed by atoms with Gasteiger partial charge in [-0.1, -0.05) is 0 Å². The van der Waals surface area contributed by atoms with Crippen LogP contribution < -0.4 is 5.32 Å². The second-order valence-corrected chi connectivity index (χ2v) is 4.21. The van der Waals surface area contributed by atoms with Gasteiger partial charge in [0, 0.05) is 16.8 Å². The Kier molecular flexibility index (Phi) is 5.66. The first-order chi connectivity index (χ1) is 9.35. The Balaban J connectivity index is 3.05. The van der Waals surface area contributed by atoms with Crippen LogP contribution in [0.1, 0.15) is 27.6 Å². The number of hydrogen-bond acceptors (Lipinski definition) is 5. The summed E-state index contributed by atoms with van der Waals surface area (Å²) in [7, 11) is 0. The van der Waals surface area contributed by atoms with Gasteiger partial charge < -0.3 is 10.1 Å². The van der Waals surface area contributed by atoms with Crippen LogP contribution in [0, 0.1) is 0 Å². The number of amides is 1. The Morgan fingerprint density at radius 1 is 1.05 bits per heavy atom. The van der Waals surface area contributed by atoms with Gasteiger partial charge in [-0.2, -0.15) is 0 Å². The number of esters is 1. The van der Waals surface area contributed by atoms with Crippen LogP contribution in [0.2, 0.25) is 0 Å². The van der Waals surface area contributed by atoms with Gasteiger partial charge in [-0.25, -0.2) is 4.79 Å². The Morgan fingerprint density at radius 2 is 1.55 bits per heavy atom. The van der Waals surface area contributed by atoms with E-state index < -0.39 is 22.4 Å². The second kappa shape index (κ2) is 7.02. The number of nitrogens with one attached hydrogen (secondary N) is 1. The van der Waals surface area contributed by atoms with Crippen LogP contribution in [0.5, 0.6) is 0 Å². The van der Waals surface area contributed by atoms with Gasteiger partial charge in [-0.3, -0.25) is 14.4 Å². The highest BCUT2D eigenvalue weighted by molar-refractivity contribution is 6.69. The van der Waals surface area contributed by atoms with E-state index in [1.54, 1.807) is 6.92 Å². The zero-order chi connectivity index (χ0) is 15.3. The third kappa shape index (κ3) is 4.32. The van der Waals surface area contributed by atoms with Crippen molar-refractivity contribution in [3.8, 4) is 0 Å². The zero-order valence-corrected chi connectivity index (χ0v) is 11.7. The molecule has 0 saturated carbocycles. The van der Waals surface area contributed by atoms with Gasteiger partial charge in [0.2, 0.25) is 0 Å². The summed E-state index contributed by atoms with van der Waals surface area (Å²) in [6.45, 7) is 1.58. The smallest absolute Gasteiger partial charge is 0.397 e. The third-order valence-electron chi connectivity index (χ3n) is 2.11. The van der Waals surface area contributed by atoms with Gasteiger partial charge in [0.05, 0.1) is 6.61 Å². The summed E-state index contributed by atoms with van der Waals surface area (Å²) < 4.78 is 4.49. The van der Waals surface area contributed by atoms with Crippen molar-refractivity contribution in [1.82, 2.24) is 0 Å². The van der Waals surface area contributed by atoms with E-state index in [1.807, 2.05) is 0 Å². The molecule has 0 unspecified atom stereocenters. The lowest BCUT2D eigenvalue weighted by atomic mass is 10.1. The predicted octanol–water partition coefficient (Wildman–Crippen LogP) is 1.95. The van der Waals surface area contributed by atoms with Crippen molar-refractivity contribution in [1.29, 1.82) is 0 Å². The maximum absolute atomic E-state index is 11.4. The Hall–Kier alpha value is -1.92. The fraction of sp³-hybridized carbons (Fsp3) is 0.167. The molecule has 0 aliphatic rings. The average Bonchev–Trinajstić information content (AvgIpc) is 2.38. The number of rotatable bonds is 4. The molecular weight excluding hydrogens is 309 g/mol. The van der Waals surface area contributed by atoms with Crippen LogP contribution in [-0.2, 0) is 14.3 Å². The molecule has 0 aromatic heterocycles. The van der Waals surface area contributed by atoms with Crippen LogP contribution in [0.25, 0.3) is 0 Å². The standard InChI is InChI=1S/C12H9Cl2NO5/c1-2-20-12(19)11(18)15-8-4-6(9(13)16)3-7(5-8)10(14)17/h3-5H,2H2,1H3,(H,15,18). The van der Waals surface area contributed by atoms with E-state index in [2.05, 4.69) is 10.1 Å². The molecule has 1 amide bonds. The summed E-state index contributed by atoms with van der Waals surface area (Å²) in [4.78, 5) is 44.8. The van der Waals surface area contributed by atoms with Crippen LogP contribution in [0.15, 0.2) is 18.2 Å². The van der Waals surface area contributed by atoms with E-state index in [0.29, 0.717) is 0 Å². The maximum atomic E-state index is 11.4. The molecular formula is C12H9Cl2NO5. The van der Waals surface area contributed by atoms with E-state index in [-0.39, 0.29) is 23.4 Å². The zero-order valence-electron chi connectivity index (χ0n) is 10.2. The molecule has 1 N–H and O–H groups in total. The number of halogens is 2. The van der Waals surface area contributed by atoms with E-state index in [9.17, 15) is 19.2 Å². The highest BCUT2D eigenvalue weighted by Gasteiger charge is 2.17. The monoisotopic (exact) mass is 317 g/mol. The van der Waals surface area contributed by atoms with Gasteiger partial charge in [-0.15, -0.1) is 0 Å². The van der Waals surface area contributed by atoms with Crippen molar-refractivity contribution < 1.29 is 23.9 Å². The summed E-state index contributed by atoms with van der Waals surface area (Å²) >= 11 is 10.6. The van der Waals surface area contributed by atoms with Crippen LogP contribution in [-0.4, -0.2) is 29.0 Å². The lowest BCUT2D eigenvalue weighted by molar-refractivity contribution is -0.152. The Bertz CT molecular complexity index is 553. The van der Waals surface area contributed by atoms with E-state index in [1.165, 1.54) is 18.2 Å². The number of benzene rings is 1.